The Morgan fingerprint density at radius 2 is 1.69 bits per heavy atom. The lowest BCUT2D eigenvalue weighted by Crippen LogP contribution is -2.25. The molecule has 2 aromatic heterocycles. The number of aromatic nitrogens is 4. The third-order valence-corrected chi connectivity index (χ3v) is 5.04. The number of nitrogens with one attached hydrogen (secondary N) is 1. The fourth-order valence-electron chi connectivity index (χ4n) is 3.42. The third kappa shape index (κ3) is 3.96. The van der Waals surface area contributed by atoms with Gasteiger partial charge in [-0.1, -0.05) is 48.5 Å². The van der Waals surface area contributed by atoms with Gasteiger partial charge in [0.1, 0.15) is 5.69 Å². The SMILES string of the molecule is Cc1nn(Cc2ccccc2)c(C)c1CNC(=O)c1cncn1-c1ccccc1. The Morgan fingerprint density at radius 1 is 1.00 bits per heavy atom. The molecule has 6 nitrogen and oxygen atoms in total. The quantitative estimate of drug-likeness (QED) is 0.551. The predicted molar refractivity (Wildman–Crippen MR) is 112 cm³/mol. The van der Waals surface area contributed by atoms with Crippen molar-refractivity contribution >= 4 is 5.91 Å². The van der Waals surface area contributed by atoms with Crippen molar-refractivity contribution in [1.29, 1.82) is 0 Å². The lowest BCUT2D eigenvalue weighted by Gasteiger charge is -2.09. The third-order valence-electron chi connectivity index (χ3n) is 5.04. The van der Waals surface area contributed by atoms with Crippen LogP contribution in [-0.2, 0) is 13.1 Å². The zero-order valence-corrected chi connectivity index (χ0v) is 16.5. The zero-order valence-electron chi connectivity index (χ0n) is 16.5. The first-order valence-electron chi connectivity index (χ1n) is 9.56. The molecule has 146 valence electrons. The van der Waals surface area contributed by atoms with E-state index in [9.17, 15) is 4.79 Å². The molecule has 0 radical (unpaired) electrons. The van der Waals surface area contributed by atoms with Crippen LogP contribution in [0.15, 0.2) is 73.2 Å². The van der Waals surface area contributed by atoms with Gasteiger partial charge in [0.15, 0.2) is 0 Å². The fraction of sp³-hybridized carbons (Fsp3) is 0.174. The predicted octanol–water partition coefficient (Wildman–Crippen LogP) is 3.66. The molecule has 0 saturated heterocycles. The molecule has 0 saturated carbocycles. The highest BCUT2D eigenvalue weighted by molar-refractivity contribution is 5.93. The number of para-hydroxylation sites is 1. The van der Waals surface area contributed by atoms with Crippen molar-refractivity contribution in [2.75, 3.05) is 0 Å². The van der Waals surface area contributed by atoms with E-state index in [4.69, 9.17) is 0 Å². The topological polar surface area (TPSA) is 64.7 Å². The van der Waals surface area contributed by atoms with Gasteiger partial charge in [0, 0.05) is 23.5 Å². The molecule has 0 aliphatic rings. The van der Waals surface area contributed by atoms with E-state index in [0.717, 1.165) is 22.6 Å². The first-order chi connectivity index (χ1) is 14.1. The second-order valence-electron chi connectivity index (χ2n) is 6.96. The van der Waals surface area contributed by atoms with Gasteiger partial charge >= 0.3 is 0 Å². The van der Waals surface area contributed by atoms with Crippen LogP contribution < -0.4 is 5.32 Å². The van der Waals surface area contributed by atoms with Crippen molar-refractivity contribution in [1.82, 2.24) is 24.6 Å². The Morgan fingerprint density at radius 3 is 2.41 bits per heavy atom. The van der Waals surface area contributed by atoms with E-state index >= 15 is 0 Å². The van der Waals surface area contributed by atoms with Gasteiger partial charge in [-0.3, -0.25) is 14.0 Å². The summed E-state index contributed by atoms with van der Waals surface area (Å²) in [5.41, 5.74) is 5.63. The smallest absolute Gasteiger partial charge is 0.270 e. The number of rotatable bonds is 6. The van der Waals surface area contributed by atoms with Gasteiger partial charge in [-0.25, -0.2) is 4.98 Å². The highest BCUT2D eigenvalue weighted by Gasteiger charge is 2.16. The molecule has 4 aromatic rings. The summed E-state index contributed by atoms with van der Waals surface area (Å²) in [4.78, 5) is 16.9. The summed E-state index contributed by atoms with van der Waals surface area (Å²) >= 11 is 0. The van der Waals surface area contributed by atoms with Crippen LogP contribution in [0.25, 0.3) is 5.69 Å². The average Bonchev–Trinajstić information content (AvgIpc) is 3.33. The summed E-state index contributed by atoms with van der Waals surface area (Å²) in [6.45, 7) is 5.15. The van der Waals surface area contributed by atoms with Crippen molar-refractivity contribution < 1.29 is 4.79 Å². The molecule has 0 aliphatic heterocycles. The molecule has 0 spiro atoms. The monoisotopic (exact) mass is 385 g/mol. The van der Waals surface area contributed by atoms with E-state index in [-0.39, 0.29) is 5.91 Å². The van der Waals surface area contributed by atoms with E-state index in [1.807, 2.05) is 67.1 Å². The first kappa shape index (κ1) is 18.7. The highest BCUT2D eigenvalue weighted by atomic mass is 16.1. The molecule has 2 heterocycles. The molecule has 1 N–H and O–H groups in total. The summed E-state index contributed by atoms with van der Waals surface area (Å²) in [6, 6.07) is 19.9. The molecule has 6 heteroatoms. The Labute approximate surface area is 169 Å². The number of benzene rings is 2. The minimum Gasteiger partial charge on any atom is -0.346 e. The van der Waals surface area contributed by atoms with Crippen molar-refractivity contribution in [3.63, 3.8) is 0 Å². The number of amides is 1. The lowest BCUT2D eigenvalue weighted by atomic mass is 10.2. The Hall–Kier alpha value is -3.67. The fourth-order valence-corrected chi connectivity index (χ4v) is 3.42. The van der Waals surface area contributed by atoms with Crippen LogP contribution in [0, 0.1) is 13.8 Å². The van der Waals surface area contributed by atoms with Gasteiger partial charge in [0.25, 0.3) is 5.91 Å². The maximum Gasteiger partial charge on any atom is 0.270 e. The normalized spacial score (nSPS) is 10.8. The minimum absolute atomic E-state index is 0.166. The van der Waals surface area contributed by atoms with Crippen LogP contribution in [0.5, 0.6) is 0 Å². The van der Waals surface area contributed by atoms with E-state index in [1.54, 1.807) is 17.1 Å². The average molecular weight is 385 g/mol. The molecule has 4 rings (SSSR count). The summed E-state index contributed by atoms with van der Waals surface area (Å²) in [5.74, 6) is -0.166. The first-order valence-corrected chi connectivity index (χ1v) is 9.56. The van der Waals surface area contributed by atoms with Gasteiger partial charge in [-0.05, 0) is 31.5 Å². The van der Waals surface area contributed by atoms with Crippen LogP contribution >= 0.6 is 0 Å². The van der Waals surface area contributed by atoms with E-state index in [2.05, 4.69) is 27.5 Å². The Kier molecular flexibility index (Phi) is 5.24. The number of nitrogens with zero attached hydrogens (tertiary/aromatic N) is 4. The maximum atomic E-state index is 12.8. The lowest BCUT2D eigenvalue weighted by molar-refractivity contribution is 0.0944. The molecule has 29 heavy (non-hydrogen) atoms. The van der Waals surface area contributed by atoms with E-state index in [0.29, 0.717) is 18.8 Å². The van der Waals surface area contributed by atoms with Crippen molar-refractivity contribution in [3.05, 3.63) is 101 Å². The Balaban J connectivity index is 1.49. The molecular weight excluding hydrogens is 362 g/mol. The van der Waals surface area contributed by atoms with Gasteiger partial charge in [0.05, 0.1) is 24.8 Å². The number of carbonyl (C=O) groups is 1. The van der Waals surface area contributed by atoms with Crippen LogP contribution in [0.2, 0.25) is 0 Å². The maximum absolute atomic E-state index is 12.8. The number of carbonyl (C=O) groups excluding carboxylic acids is 1. The molecule has 1 amide bonds. The molecule has 0 bridgehead atoms. The summed E-state index contributed by atoms with van der Waals surface area (Å²) < 4.78 is 3.77. The molecular formula is C23H23N5O. The minimum atomic E-state index is -0.166. The second kappa shape index (κ2) is 8.14. The molecule has 2 aromatic carbocycles. The van der Waals surface area contributed by atoms with Crippen molar-refractivity contribution in [2.45, 2.75) is 26.9 Å². The van der Waals surface area contributed by atoms with Crippen LogP contribution in [0.4, 0.5) is 0 Å². The van der Waals surface area contributed by atoms with E-state index in [1.165, 1.54) is 5.56 Å². The summed E-state index contributed by atoms with van der Waals surface area (Å²) in [5, 5.41) is 7.68. The summed E-state index contributed by atoms with van der Waals surface area (Å²) in [6.07, 6.45) is 3.24. The van der Waals surface area contributed by atoms with Crippen LogP contribution in [0.1, 0.15) is 33.0 Å². The van der Waals surface area contributed by atoms with Gasteiger partial charge < -0.3 is 5.32 Å². The molecule has 0 atom stereocenters. The highest BCUT2D eigenvalue weighted by Crippen LogP contribution is 2.16. The second-order valence-corrected chi connectivity index (χ2v) is 6.96. The van der Waals surface area contributed by atoms with Gasteiger partial charge in [0.2, 0.25) is 0 Å². The molecule has 0 unspecified atom stereocenters. The number of aryl methyl sites for hydroxylation is 1. The number of hydrogen-bond donors (Lipinski definition) is 1. The van der Waals surface area contributed by atoms with Gasteiger partial charge in [-0.15, -0.1) is 0 Å². The van der Waals surface area contributed by atoms with E-state index < -0.39 is 0 Å². The van der Waals surface area contributed by atoms with Gasteiger partial charge in [-0.2, -0.15) is 5.10 Å². The zero-order chi connectivity index (χ0) is 20.2. The molecule has 0 fully saturated rings. The summed E-state index contributed by atoms with van der Waals surface area (Å²) in [7, 11) is 0. The Bertz CT molecular complexity index is 1110. The largest absolute Gasteiger partial charge is 0.346 e. The van der Waals surface area contributed by atoms with Crippen molar-refractivity contribution in [3.8, 4) is 5.69 Å². The van der Waals surface area contributed by atoms with Crippen molar-refractivity contribution in [2.24, 2.45) is 0 Å². The van der Waals surface area contributed by atoms with Crippen LogP contribution in [0.3, 0.4) is 0 Å². The molecule has 0 aliphatic carbocycles. The number of hydrogen-bond acceptors (Lipinski definition) is 3. The van der Waals surface area contributed by atoms with Crippen LogP contribution in [-0.4, -0.2) is 25.2 Å². The number of imidazole rings is 1. The standard InChI is InChI=1S/C23H23N5O/c1-17-21(18(2)28(26-17)15-19-9-5-3-6-10-19)13-25-23(29)22-14-24-16-27(22)20-11-7-4-8-12-20/h3-12,14,16H,13,15H2,1-2H3,(H,25,29).